The Balaban J connectivity index is 1.80. The molecule has 0 radical (unpaired) electrons. The van der Waals surface area contributed by atoms with Crippen molar-refractivity contribution in [1.82, 2.24) is 10.6 Å². The number of amides is 2. The molecule has 33 heavy (non-hydrogen) atoms. The van der Waals surface area contributed by atoms with Crippen molar-refractivity contribution in [2.24, 2.45) is 0 Å². The highest BCUT2D eigenvalue weighted by Gasteiger charge is 2.30. The first kappa shape index (κ1) is 25.5. The molecule has 8 nitrogen and oxygen atoms in total. The number of nitrogens with one attached hydrogen (secondary N) is 2. The molecule has 178 valence electrons. The topological polar surface area (TPSA) is 103 Å². The van der Waals surface area contributed by atoms with E-state index in [2.05, 4.69) is 10.6 Å². The van der Waals surface area contributed by atoms with Crippen molar-refractivity contribution in [2.45, 2.75) is 25.7 Å². The van der Waals surface area contributed by atoms with Gasteiger partial charge >= 0.3 is 12.1 Å². The SMILES string of the molecule is COc1ccc(CNC(=O)C(C)OC(=O)CNC(=O)c2ccc(C(F)(F)F)cc2)cc1OC. The number of carbonyl (C=O) groups is 3. The molecular formula is C22H23F3N2O6. The maximum Gasteiger partial charge on any atom is 0.416 e. The van der Waals surface area contributed by atoms with Crippen LogP contribution in [0.2, 0.25) is 0 Å². The highest BCUT2D eigenvalue weighted by Crippen LogP contribution is 2.29. The summed E-state index contributed by atoms with van der Waals surface area (Å²) in [6.07, 6.45) is -5.66. The lowest BCUT2D eigenvalue weighted by atomic mass is 10.1. The number of hydrogen-bond acceptors (Lipinski definition) is 6. The van der Waals surface area contributed by atoms with E-state index in [1.165, 1.54) is 21.1 Å². The molecule has 11 heteroatoms. The van der Waals surface area contributed by atoms with Crippen LogP contribution in [-0.2, 0) is 27.0 Å². The van der Waals surface area contributed by atoms with Gasteiger partial charge in [-0.2, -0.15) is 13.2 Å². The Morgan fingerprint density at radius 3 is 2.15 bits per heavy atom. The molecule has 1 unspecified atom stereocenters. The molecule has 0 saturated heterocycles. The maximum atomic E-state index is 12.6. The zero-order valence-corrected chi connectivity index (χ0v) is 18.1. The number of ether oxygens (including phenoxy) is 3. The molecule has 2 N–H and O–H groups in total. The summed E-state index contributed by atoms with van der Waals surface area (Å²) >= 11 is 0. The molecule has 0 aliphatic rings. The third-order valence-corrected chi connectivity index (χ3v) is 4.46. The summed E-state index contributed by atoms with van der Waals surface area (Å²) in [6, 6.07) is 8.61. The van der Waals surface area contributed by atoms with E-state index in [1.807, 2.05) is 0 Å². The van der Waals surface area contributed by atoms with Crippen LogP contribution in [-0.4, -0.2) is 44.7 Å². The number of rotatable bonds is 9. The van der Waals surface area contributed by atoms with Crippen LogP contribution in [0.25, 0.3) is 0 Å². The van der Waals surface area contributed by atoms with Crippen molar-refractivity contribution in [3.63, 3.8) is 0 Å². The molecule has 0 fully saturated rings. The molecular weight excluding hydrogens is 445 g/mol. The fourth-order valence-corrected chi connectivity index (χ4v) is 2.68. The van der Waals surface area contributed by atoms with Crippen molar-refractivity contribution in [3.8, 4) is 11.5 Å². The summed E-state index contributed by atoms with van der Waals surface area (Å²) in [5, 5.41) is 4.84. The van der Waals surface area contributed by atoms with Crippen molar-refractivity contribution < 1.29 is 41.8 Å². The van der Waals surface area contributed by atoms with Crippen LogP contribution in [0.15, 0.2) is 42.5 Å². The summed E-state index contributed by atoms with van der Waals surface area (Å²) in [5.41, 5.74) is -0.230. The molecule has 2 aromatic rings. The van der Waals surface area contributed by atoms with E-state index in [9.17, 15) is 27.6 Å². The molecule has 0 spiro atoms. The second kappa shape index (κ2) is 11.2. The second-order valence-electron chi connectivity index (χ2n) is 6.80. The van der Waals surface area contributed by atoms with Crippen LogP contribution in [0.5, 0.6) is 11.5 Å². The van der Waals surface area contributed by atoms with Crippen molar-refractivity contribution in [3.05, 3.63) is 59.2 Å². The van der Waals surface area contributed by atoms with Crippen LogP contribution in [0.4, 0.5) is 13.2 Å². The molecule has 0 aromatic heterocycles. The lowest BCUT2D eigenvalue weighted by Gasteiger charge is -2.15. The number of esters is 1. The lowest BCUT2D eigenvalue weighted by Crippen LogP contribution is -2.38. The number of halogens is 3. The van der Waals surface area contributed by atoms with E-state index in [4.69, 9.17) is 14.2 Å². The van der Waals surface area contributed by atoms with Gasteiger partial charge in [0.05, 0.1) is 19.8 Å². The Hall–Kier alpha value is -3.76. The van der Waals surface area contributed by atoms with E-state index in [0.717, 1.165) is 29.8 Å². The Morgan fingerprint density at radius 2 is 1.58 bits per heavy atom. The largest absolute Gasteiger partial charge is 0.493 e. The number of hydrogen-bond donors (Lipinski definition) is 2. The molecule has 0 saturated carbocycles. The molecule has 0 heterocycles. The summed E-state index contributed by atoms with van der Waals surface area (Å²) in [4.78, 5) is 36.1. The number of methoxy groups -OCH3 is 2. The van der Waals surface area contributed by atoms with Gasteiger partial charge in [-0.1, -0.05) is 6.07 Å². The van der Waals surface area contributed by atoms with E-state index >= 15 is 0 Å². The third-order valence-electron chi connectivity index (χ3n) is 4.46. The summed E-state index contributed by atoms with van der Waals surface area (Å²) in [7, 11) is 2.99. The monoisotopic (exact) mass is 468 g/mol. The predicted octanol–water partition coefficient (Wildman–Crippen LogP) is 2.70. The zero-order chi connectivity index (χ0) is 24.6. The quantitative estimate of drug-likeness (QED) is 0.549. The van der Waals surface area contributed by atoms with Gasteiger partial charge in [0, 0.05) is 12.1 Å². The number of benzene rings is 2. The Kier molecular flexibility index (Phi) is 8.66. The summed E-state index contributed by atoms with van der Waals surface area (Å²) in [6.45, 7) is 0.943. The van der Waals surface area contributed by atoms with Gasteiger partial charge in [-0.15, -0.1) is 0 Å². The van der Waals surface area contributed by atoms with Gasteiger partial charge in [0.1, 0.15) is 6.54 Å². The average Bonchev–Trinajstić information content (AvgIpc) is 2.80. The van der Waals surface area contributed by atoms with Crippen LogP contribution >= 0.6 is 0 Å². The molecule has 0 bridgehead atoms. The van der Waals surface area contributed by atoms with Crippen molar-refractivity contribution >= 4 is 17.8 Å². The molecule has 0 aliphatic carbocycles. The van der Waals surface area contributed by atoms with Gasteiger partial charge in [-0.3, -0.25) is 14.4 Å². The predicted molar refractivity (Wildman–Crippen MR) is 111 cm³/mol. The van der Waals surface area contributed by atoms with Gasteiger partial charge in [0.2, 0.25) is 0 Å². The van der Waals surface area contributed by atoms with Crippen LogP contribution in [0.1, 0.15) is 28.4 Å². The van der Waals surface area contributed by atoms with Gasteiger partial charge in [0.25, 0.3) is 11.8 Å². The first-order chi connectivity index (χ1) is 15.5. The molecule has 2 amide bonds. The first-order valence-electron chi connectivity index (χ1n) is 9.68. The molecule has 0 aliphatic heterocycles. The fourth-order valence-electron chi connectivity index (χ4n) is 2.68. The number of alkyl halides is 3. The van der Waals surface area contributed by atoms with Gasteiger partial charge in [-0.05, 0) is 48.9 Å². The third kappa shape index (κ3) is 7.41. The number of carbonyl (C=O) groups excluding carboxylic acids is 3. The van der Waals surface area contributed by atoms with Gasteiger partial charge < -0.3 is 24.8 Å². The van der Waals surface area contributed by atoms with Crippen LogP contribution < -0.4 is 20.1 Å². The minimum Gasteiger partial charge on any atom is -0.493 e. The van der Waals surface area contributed by atoms with Crippen LogP contribution in [0, 0.1) is 0 Å². The van der Waals surface area contributed by atoms with Gasteiger partial charge in [-0.25, -0.2) is 0 Å². The van der Waals surface area contributed by atoms with E-state index in [-0.39, 0.29) is 12.1 Å². The summed E-state index contributed by atoms with van der Waals surface area (Å²) in [5.74, 6) is -1.18. The minimum absolute atomic E-state index is 0.0588. The van der Waals surface area contributed by atoms with E-state index in [0.29, 0.717) is 11.5 Å². The molecule has 1 atom stereocenters. The average molecular weight is 468 g/mol. The fraction of sp³-hybridized carbons (Fsp3) is 0.318. The van der Waals surface area contributed by atoms with Gasteiger partial charge in [0.15, 0.2) is 17.6 Å². The van der Waals surface area contributed by atoms with Crippen molar-refractivity contribution in [1.29, 1.82) is 0 Å². The standard InChI is InChI=1S/C22H23F3N2O6/c1-13(20(29)26-11-14-4-9-17(31-2)18(10-14)32-3)33-19(28)12-27-21(30)15-5-7-16(8-6-15)22(23,24)25/h4-10,13H,11-12H2,1-3H3,(H,26,29)(H,27,30). The van der Waals surface area contributed by atoms with E-state index < -0.39 is 42.2 Å². The minimum atomic E-state index is -4.52. The Morgan fingerprint density at radius 1 is 0.939 bits per heavy atom. The smallest absolute Gasteiger partial charge is 0.416 e. The van der Waals surface area contributed by atoms with E-state index in [1.54, 1.807) is 18.2 Å². The molecule has 2 aromatic carbocycles. The highest BCUT2D eigenvalue weighted by molar-refractivity contribution is 5.96. The Labute approximate surface area is 188 Å². The molecule has 2 rings (SSSR count). The zero-order valence-electron chi connectivity index (χ0n) is 18.1. The summed E-state index contributed by atoms with van der Waals surface area (Å²) < 4.78 is 53.0. The van der Waals surface area contributed by atoms with Crippen LogP contribution in [0.3, 0.4) is 0 Å². The van der Waals surface area contributed by atoms with Crippen molar-refractivity contribution in [2.75, 3.05) is 20.8 Å². The maximum absolute atomic E-state index is 12.6. The lowest BCUT2D eigenvalue weighted by molar-refractivity contribution is -0.153. The highest BCUT2D eigenvalue weighted by atomic mass is 19.4. The normalized spacial score (nSPS) is 11.8. The Bertz CT molecular complexity index is 993. The second-order valence-corrected chi connectivity index (χ2v) is 6.80. The first-order valence-corrected chi connectivity index (χ1v) is 9.68.